The van der Waals surface area contributed by atoms with Crippen LogP contribution in [0.15, 0.2) is 29.8 Å². The van der Waals surface area contributed by atoms with Gasteiger partial charge in [0.15, 0.2) is 0 Å². The van der Waals surface area contributed by atoms with Gasteiger partial charge in [0.05, 0.1) is 30.0 Å². The number of carbonyl (C=O) groups excluding carboxylic acids is 1. The lowest BCUT2D eigenvalue weighted by molar-refractivity contribution is -0.119. The van der Waals surface area contributed by atoms with Gasteiger partial charge in [0.1, 0.15) is 5.75 Å². The molecule has 5 heteroatoms. The molecule has 0 bridgehead atoms. The third-order valence-corrected chi connectivity index (χ3v) is 4.06. The molecular weight excluding hydrogens is 314 g/mol. The van der Waals surface area contributed by atoms with E-state index in [9.17, 15) is 4.79 Å². The van der Waals surface area contributed by atoms with Crippen LogP contribution >= 0.6 is 0 Å². The zero-order valence-electron chi connectivity index (χ0n) is 15.1. The zero-order valence-corrected chi connectivity index (χ0v) is 15.1. The van der Waals surface area contributed by atoms with Gasteiger partial charge in [-0.2, -0.15) is 5.26 Å². The number of nitriles is 1. The van der Waals surface area contributed by atoms with Crippen molar-refractivity contribution in [2.75, 3.05) is 18.4 Å². The van der Waals surface area contributed by atoms with E-state index in [1.807, 2.05) is 13.8 Å². The van der Waals surface area contributed by atoms with E-state index in [0.29, 0.717) is 23.5 Å². The van der Waals surface area contributed by atoms with Gasteiger partial charge in [0, 0.05) is 6.54 Å². The van der Waals surface area contributed by atoms with E-state index in [-0.39, 0.29) is 18.6 Å². The van der Waals surface area contributed by atoms with Gasteiger partial charge in [-0.3, -0.25) is 4.79 Å². The van der Waals surface area contributed by atoms with Gasteiger partial charge in [-0.15, -0.1) is 0 Å². The van der Waals surface area contributed by atoms with Crippen molar-refractivity contribution in [3.05, 3.63) is 35.4 Å². The molecule has 1 amide bonds. The number of anilines is 1. The van der Waals surface area contributed by atoms with Gasteiger partial charge < -0.3 is 15.4 Å². The highest BCUT2D eigenvalue weighted by atomic mass is 16.5. The maximum Gasteiger partial charge on any atom is 0.239 e. The molecule has 134 valence electrons. The Morgan fingerprint density at radius 1 is 1.36 bits per heavy atom. The quantitative estimate of drug-likeness (QED) is 0.706. The van der Waals surface area contributed by atoms with Gasteiger partial charge in [0.2, 0.25) is 5.91 Å². The van der Waals surface area contributed by atoms with Gasteiger partial charge in [-0.25, -0.2) is 0 Å². The molecule has 5 nitrogen and oxygen atoms in total. The molecule has 0 heterocycles. The lowest BCUT2D eigenvalue weighted by atomic mass is 9.97. The van der Waals surface area contributed by atoms with E-state index in [1.54, 1.807) is 18.2 Å². The fourth-order valence-corrected chi connectivity index (χ4v) is 2.83. The van der Waals surface area contributed by atoms with Crippen molar-refractivity contribution >= 4 is 11.6 Å². The van der Waals surface area contributed by atoms with Crippen molar-refractivity contribution in [3.8, 4) is 11.8 Å². The predicted octanol–water partition coefficient (Wildman–Crippen LogP) is 3.76. The molecule has 1 aromatic rings. The molecule has 0 saturated carbocycles. The SMILES string of the molecule is CC(C)Oc1ccc(C#N)cc1NCC(=O)NCCC1=CCCCC1. The first-order valence-corrected chi connectivity index (χ1v) is 8.97. The second-order valence-electron chi connectivity index (χ2n) is 6.55. The summed E-state index contributed by atoms with van der Waals surface area (Å²) in [6.07, 6.45) is 8.11. The van der Waals surface area contributed by atoms with Crippen LogP contribution in [-0.2, 0) is 4.79 Å². The van der Waals surface area contributed by atoms with Crippen molar-refractivity contribution < 1.29 is 9.53 Å². The van der Waals surface area contributed by atoms with Crippen LogP contribution in [0.2, 0.25) is 0 Å². The highest BCUT2D eigenvalue weighted by Crippen LogP contribution is 2.26. The van der Waals surface area contributed by atoms with Crippen LogP contribution in [-0.4, -0.2) is 25.1 Å². The summed E-state index contributed by atoms with van der Waals surface area (Å²) in [6.45, 7) is 4.70. The Hall–Kier alpha value is -2.48. The zero-order chi connectivity index (χ0) is 18.1. The molecule has 0 unspecified atom stereocenters. The van der Waals surface area contributed by atoms with Crippen LogP contribution in [0.25, 0.3) is 0 Å². The van der Waals surface area contributed by atoms with E-state index in [4.69, 9.17) is 10.00 Å². The number of hydrogen-bond acceptors (Lipinski definition) is 4. The first-order chi connectivity index (χ1) is 12.1. The Labute approximate surface area is 150 Å². The van der Waals surface area contributed by atoms with Crippen molar-refractivity contribution in [2.45, 2.75) is 52.1 Å². The topological polar surface area (TPSA) is 74.1 Å². The average molecular weight is 341 g/mol. The number of benzene rings is 1. The normalized spacial score (nSPS) is 13.8. The van der Waals surface area contributed by atoms with E-state index in [2.05, 4.69) is 22.8 Å². The van der Waals surface area contributed by atoms with E-state index >= 15 is 0 Å². The Morgan fingerprint density at radius 2 is 2.20 bits per heavy atom. The number of allylic oxidation sites excluding steroid dienone is 1. The summed E-state index contributed by atoms with van der Waals surface area (Å²) in [7, 11) is 0. The first kappa shape index (κ1) is 18.9. The number of rotatable bonds is 8. The number of ether oxygens (including phenoxy) is 1. The van der Waals surface area contributed by atoms with Crippen LogP contribution in [0.5, 0.6) is 5.75 Å². The minimum Gasteiger partial charge on any atom is -0.489 e. The molecule has 1 aromatic carbocycles. The second kappa shape index (κ2) is 9.73. The van der Waals surface area contributed by atoms with Gasteiger partial charge in [-0.1, -0.05) is 11.6 Å². The lowest BCUT2D eigenvalue weighted by Gasteiger charge is -2.16. The number of amides is 1. The number of carbonyl (C=O) groups is 1. The van der Waals surface area contributed by atoms with Crippen LogP contribution in [0, 0.1) is 11.3 Å². The molecule has 0 radical (unpaired) electrons. The minimum absolute atomic E-state index is 0.0195. The second-order valence-corrected chi connectivity index (χ2v) is 6.55. The molecule has 2 rings (SSSR count). The fourth-order valence-electron chi connectivity index (χ4n) is 2.83. The Morgan fingerprint density at radius 3 is 2.88 bits per heavy atom. The molecule has 25 heavy (non-hydrogen) atoms. The monoisotopic (exact) mass is 341 g/mol. The van der Waals surface area contributed by atoms with E-state index in [1.165, 1.54) is 24.8 Å². The molecule has 2 N–H and O–H groups in total. The van der Waals surface area contributed by atoms with Crippen molar-refractivity contribution in [2.24, 2.45) is 0 Å². The molecule has 1 aliphatic carbocycles. The minimum atomic E-state index is -0.0609. The summed E-state index contributed by atoms with van der Waals surface area (Å²) in [5, 5.41) is 15.1. The maximum atomic E-state index is 12.0. The summed E-state index contributed by atoms with van der Waals surface area (Å²) in [4.78, 5) is 12.0. The highest BCUT2D eigenvalue weighted by molar-refractivity contribution is 5.81. The van der Waals surface area contributed by atoms with Crippen molar-refractivity contribution in [1.82, 2.24) is 5.32 Å². The average Bonchev–Trinajstić information content (AvgIpc) is 2.61. The molecular formula is C20H27N3O2. The Kier molecular flexibility index (Phi) is 7.34. The highest BCUT2D eigenvalue weighted by Gasteiger charge is 2.09. The van der Waals surface area contributed by atoms with Crippen LogP contribution < -0.4 is 15.4 Å². The summed E-state index contributed by atoms with van der Waals surface area (Å²) in [5.74, 6) is 0.587. The smallest absolute Gasteiger partial charge is 0.239 e. The Balaban J connectivity index is 1.83. The summed E-state index contributed by atoms with van der Waals surface area (Å²) < 4.78 is 5.73. The largest absolute Gasteiger partial charge is 0.489 e. The number of hydrogen-bond donors (Lipinski definition) is 2. The molecule has 0 aromatic heterocycles. The molecule has 0 spiro atoms. The Bertz CT molecular complexity index is 659. The molecule has 0 aliphatic heterocycles. The van der Waals surface area contributed by atoms with Gasteiger partial charge in [0.25, 0.3) is 0 Å². The van der Waals surface area contributed by atoms with E-state index < -0.39 is 0 Å². The van der Waals surface area contributed by atoms with Gasteiger partial charge >= 0.3 is 0 Å². The first-order valence-electron chi connectivity index (χ1n) is 8.97. The number of nitrogens with zero attached hydrogens (tertiary/aromatic N) is 1. The summed E-state index contributed by atoms with van der Waals surface area (Å²) >= 11 is 0. The third kappa shape index (κ3) is 6.50. The lowest BCUT2D eigenvalue weighted by Crippen LogP contribution is -2.31. The third-order valence-electron chi connectivity index (χ3n) is 4.06. The molecule has 0 saturated heterocycles. The maximum absolute atomic E-state index is 12.0. The summed E-state index contributed by atoms with van der Waals surface area (Å²) in [5.41, 5.74) is 2.65. The summed E-state index contributed by atoms with van der Waals surface area (Å²) in [6, 6.07) is 7.28. The molecule has 0 fully saturated rings. The fraction of sp³-hybridized carbons (Fsp3) is 0.500. The number of nitrogens with one attached hydrogen (secondary N) is 2. The van der Waals surface area contributed by atoms with Crippen LogP contribution in [0.1, 0.15) is 51.5 Å². The van der Waals surface area contributed by atoms with Gasteiger partial charge in [-0.05, 0) is 64.2 Å². The molecule has 0 atom stereocenters. The van der Waals surface area contributed by atoms with Crippen molar-refractivity contribution in [1.29, 1.82) is 5.26 Å². The van der Waals surface area contributed by atoms with E-state index in [0.717, 1.165) is 12.8 Å². The predicted molar refractivity (Wildman–Crippen MR) is 99.6 cm³/mol. The molecule has 1 aliphatic rings. The van der Waals surface area contributed by atoms with Crippen LogP contribution in [0.3, 0.4) is 0 Å². The van der Waals surface area contributed by atoms with Crippen molar-refractivity contribution in [3.63, 3.8) is 0 Å². The van der Waals surface area contributed by atoms with Crippen LogP contribution in [0.4, 0.5) is 5.69 Å². The standard InChI is InChI=1S/C20H27N3O2/c1-15(2)25-19-9-8-17(13-21)12-18(19)23-14-20(24)22-11-10-16-6-4-3-5-7-16/h6,8-9,12,15,23H,3-5,7,10-11,14H2,1-2H3,(H,22,24).